The Morgan fingerprint density at radius 1 is 1.07 bits per heavy atom. The molecule has 1 aliphatic heterocycles. The molecule has 1 aliphatic rings. The van der Waals surface area contributed by atoms with Crippen LogP contribution < -0.4 is 4.74 Å². The van der Waals surface area contributed by atoms with E-state index >= 15 is 0 Å². The summed E-state index contributed by atoms with van der Waals surface area (Å²) < 4.78 is 16.2. The zero-order valence-electron chi connectivity index (χ0n) is 16.7. The number of halogens is 1. The number of hydrogen-bond acceptors (Lipinski definition) is 7. The van der Waals surface area contributed by atoms with Crippen molar-refractivity contribution in [2.45, 2.75) is 44.4 Å². The maximum absolute atomic E-state index is 11.1. The summed E-state index contributed by atoms with van der Waals surface area (Å²) in [5.74, 6) is 0.206. The summed E-state index contributed by atoms with van der Waals surface area (Å²) in [7, 11) is 0. The van der Waals surface area contributed by atoms with Crippen LogP contribution in [-0.4, -0.2) is 58.9 Å². The fourth-order valence-electron chi connectivity index (χ4n) is 3.40. The standard InChI is InChI=1S/C22H25ClO7/c1-3-28-15-7-4-13(5-8-15)16-10-14(6-9-17(16)23)22-21(27)20(26)19(25)18(30-22)11-29-12(2)24/h4-10,18-22,25-27H,3,11H2,1-2H3/t18-,19+,20+,21+,22+/m1/s1. The van der Waals surface area contributed by atoms with E-state index in [1.54, 1.807) is 18.2 Å². The number of hydrogen-bond donors (Lipinski definition) is 3. The molecule has 1 heterocycles. The molecule has 0 aliphatic carbocycles. The van der Waals surface area contributed by atoms with Crippen molar-refractivity contribution in [2.75, 3.05) is 13.2 Å². The summed E-state index contributed by atoms with van der Waals surface area (Å²) in [5, 5.41) is 31.4. The molecule has 0 aromatic heterocycles. The van der Waals surface area contributed by atoms with Crippen molar-refractivity contribution in [3.8, 4) is 16.9 Å². The van der Waals surface area contributed by atoms with Gasteiger partial charge in [0.25, 0.3) is 0 Å². The van der Waals surface area contributed by atoms with E-state index in [-0.39, 0.29) is 6.61 Å². The first kappa shape index (κ1) is 22.5. The van der Waals surface area contributed by atoms with Gasteiger partial charge >= 0.3 is 5.97 Å². The third kappa shape index (κ3) is 4.94. The Bertz CT molecular complexity index is 870. The third-order valence-corrected chi connectivity index (χ3v) is 5.29. The normalized spacial score (nSPS) is 26.3. The molecule has 0 spiro atoms. The molecular formula is C22H25ClO7. The largest absolute Gasteiger partial charge is 0.494 e. The number of esters is 1. The van der Waals surface area contributed by atoms with E-state index in [0.717, 1.165) is 11.3 Å². The average Bonchev–Trinajstić information content (AvgIpc) is 2.73. The first-order chi connectivity index (χ1) is 14.3. The molecule has 0 unspecified atom stereocenters. The van der Waals surface area contributed by atoms with Crippen LogP contribution in [0.15, 0.2) is 42.5 Å². The topological polar surface area (TPSA) is 105 Å². The van der Waals surface area contributed by atoms with Crippen LogP contribution in [0.25, 0.3) is 11.1 Å². The molecule has 3 rings (SSSR count). The fraction of sp³-hybridized carbons (Fsp3) is 0.409. The maximum Gasteiger partial charge on any atom is 0.302 e. The molecule has 1 saturated heterocycles. The summed E-state index contributed by atoms with van der Waals surface area (Å²) in [6.45, 7) is 3.47. The predicted molar refractivity (Wildman–Crippen MR) is 110 cm³/mol. The van der Waals surface area contributed by atoms with Gasteiger partial charge in [0, 0.05) is 17.5 Å². The minimum Gasteiger partial charge on any atom is -0.494 e. The number of rotatable bonds is 6. The van der Waals surface area contributed by atoms with Gasteiger partial charge in [-0.2, -0.15) is 0 Å². The molecule has 30 heavy (non-hydrogen) atoms. The van der Waals surface area contributed by atoms with Crippen LogP contribution in [0.4, 0.5) is 0 Å². The van der Waals surface area contributed by atoms with Gasteiger partial charge in [-0.25, -0.2) is 0 Å². The average molecular weight is 437 g/mol. The Kier molecular flexibility index (Phi) is 7.33. The van der Waals surface area contributed by atoms with Gasteiger partial charge < -0.3 is 29.5 Å². The molecular weight excluding hydrogens is 412 g/mol. The molecule has 1 fully saturated rings. The van der Waals surface area contributed by atoms with Crippen molar-refractivity contribution >= 4 is 17.6 Å². The van der Waals surface area contributed by atoms with Crippen LogP contribution in [0, 0.1) is 0 Å². The Morgan fingerprint density at radius 3 is 2.40 bits per heavy atom. The summed E-state index contributed by atoms with van der Waals surface area (Å²) in [5.41, 5.74) is 2.12. The van der Waals surface area contributed by atoms with E-state index in [1.165, 1.54) is 6.92 Å². The third-order valence-electron chi connectivity index (χ3n) is 4.96. The van der Waals surface area contributed by atoms with Crippen LogP contribution in [-0.2, 0) is 14.3 Å². The Labute approximate surface area is 179 Å². The lowest BCUT2D eigenvalue weighted by Gasteiger charge is -2.40. The van der Waals surface area contributed by atoms with Gasteiger partial charge in [0.2, 0.25) is 0 Å². The molecule has 0 radical (unpaired) electrons. The van der Waals surface area contributed by atoms with Crippen molar-refractivity contribution < 1.29 is 34.3 Å². The summed E-state index contributed by atoms with van der Waals surface area (Å²) in [6, 6.07) is 12.5. The van der Waals surface area contributed by atoms with Gasteiger partial charge in [0.15, 0.2) is 0 Å². The second-order valence-corrected chi connectivity index (χ2v) is 7.47. The fourth-order valence-corrected chi connectivity index (χ4v) is 3.63. The number of ether oxygens (including phenoxy) is 3. The smallest absolute Gasteiger partial charge is 0.302 e. The summed E-state index contributed by atoms with van der Waals surface area (Å²) in [6.07, 6.45) is -6.16. The highest BCUT2D eigenvalue weighted by atomic mass is 35.5. The van der Waals surface area contributed by atoms with Gasteiger partial charge in [-0.3, -0.25) is 4.79 Å². The van der Waals surface area contributed by atoms with Gasteiger partial charge in [-0.1, -0.05) is 29.8 Å². The van der Waals surface area contributed by atoms with Crippen molar-refractivity contribution in [2.24, 2.45) is 0 Å². The van der Waals surface area contributed by atoms with Crippen LogP contribution in [0.1, 0.15) is 25.5 Å². The number of carbonyl (C=O) groups excluding carboxylic acids is 1. The Morgan fingerprint density at radius 2 is 1.77 bits per heavy atom. The van der Waals surface area contributed by atoms with Crippen LogP contribution in [0.5, 0.6) is 5.75 Å². The van der Waals surface area contributed by atoms with Crippen molar-refractivity contribution in [3.63, 3.8) is 0 Å². The Hall–Kier alpha value is -2.16. The first-order valence-electron chi connectivity index (χ1n) is 9.67. The van der Waals surface area contributed by atoms with E-state index < -0.39 is 36.5 Å². The minimum atomic E-state index is -1.46. The number of benzene rings is 2. The quantitative estimate of drug-likeness (QED) is 0.597. The predicted octanol–water partition coefficient (Wildman–Crippen LogP) is 2.49. The Balaban J connectivity index is 1.88. The van der Waals surface area contributed by atoms with Gasteiger partial charge in [0.1, 0.15) is 42.9 Å². The van der Waals surface area contributed by atoms with E-state index in [9.17, 15) is 20.1 Å². The molecule has 2 aromatic carbocycles. The van der Waals surface area contributed by atoms with Crippen LogP contribution in [0.2, 0.25) is 5.02 Å². The number of carbonyl (C=O) groups is 1. The van der Waals surface area contributed by atoms with Crippen LogP contribution in [0.3, 0.4) is 0 Å². The zero-order valence-corrected chi connectivity index (χ0v) is 17.5. The SMILES string of the molecule is CCOc1ccc(-c2cc([C@@H]3O[C@H](COC(C)=O)[C@H](O)[C@H](O)[C@@H]3O)ccc2Cl)cc1. The molecule has 0 bridgehead atoms. The zero-order chi connectivity index (χ0) is 21.8. The molecule has 3 N–H and O–H groups in total. The second kappa shape index (κ2) is 9.76. The van der Waals surface area contributed by atoms with E-state index in [4.69, 9.17) is 25.8 Å². The summed E-state index contributed by atoms with van der Waals surface area (Å²) in [4.78, 5) is 11.1. The van der Waals surface area contributed by atoms with Crippen molar-refractivity contribution in [1.82, 2.24) is 0 Å². The highest BCUT2D eigenvalue weighted by Crippen LogP contribution is 2.37. The minimum absolute atomic E-state index is 0.240. The first-order valence-corrected chi connectivity index (χ1v) is 10.0. The highest BCUT2D eigenvalue weighted by Gasteiger charge is 2.44. The molecule has 5 atom stereocenters. The van der Waals surface area contributed by atoms with Gasteiger partial charge in [-0.05, 0) is 42.3 Å². The van der Waals surface area contributed by atoms with Crippen molar-refractivity contribution in [1.29, 1.82) is 0 Å². The monoisotopic (exact) mass is 436 g/mol. The summed E-state index contributed by atoms with van der Waals surface area (Å²) >= 11 is 6.39. The molecule has 0 amide bonds. The molecule has 0 saturated carbocycles. The maximum atomic E-state index is 11.1. The number of aliphatic hydroxyl groups is 3. The lowest BCUT2D eigenvalue weighted by atomic mass is 9.90. The second-order valence-electron chi connectivity index (χ2n) is 7.07. The molecule has 2 aromatic rings. The lowest BCUT2D eigenvalue weighted by Crippen LogP contribution is -2.55. The van der Waals surface area contributed by atoms with Gasteiger partial charge in [-0.15, -0.1) is 0 Å². The molecule has 7 nitrogen and oxygen atoms in total. The van der Waals surface area contributed by atoms with Gasteiger partial charge in [0.05, 0.1) is 6.61 Å². The van der Waals surface area contributed by atoms with E-state index in [1.807, 2.05) is 31.2 Å². The highest BCUT2D eigenvalue weighted by molar-refractivity contribution is 6.33. The van der Waals surface area contributed by atoms with Crippen LogP contribution >= 0.6 is 11.6 Å². The molecule has 162 valence electrons. The molecule has 8 heteroatoms. The lowest BCUT2D eigenvalue weighted by molar-refractivity contribution is -0.234. The van der Waals surface area contributed by atoms with Crippen molar-refractivity contribution in [3.05, 3.63) is 53.1 Å². The van der Waals surface area contributed by atoms with E-state index in [0.29, 0.717) is 22.8 Å². The van der Waals surface area contributed by atoms with E-state index in [2.05, 4.69) is 0 Å². The number of aliphatic hydroxyl groups excluding tert-OH is 3.